The smallest absolute Gasteiger partial charge is 0.257 e. The minimum absolute atomic E-state index is 0.198. The Balaban J connectivity index is 1.91. The number of rotatable bonds is 2. The number of halogens is 1. The number of benzene rings is 2. The van der Waals surface area contributed by atoms with Crippen molar-refractivity contribution in [1.29, 1.82) is 0 Å². The van der Waals surface area contributed by atoms with Gasteiger partial charge < -0.3 is 0 Å². The fraction of sp³-hybridized carbons (Fsp3) is 0.125. The van der Waals surface area contributed by atoms with Gasteiger partial charge in [0.2, 0.25) is 0 Å². The van der Waals surface area contributed by atoms with Crippen molar-refractivity contribution in [2.24, 2.45) is 0 Å². The number of aryl methyl sites for hydroxylation is 1. The molecule has 3 aromatic rings. The van der Waals surface area contributed by atoms with E-state index in [1.807, 2.05) is 26.0 Å². The second-order valence-electron chi connectivity index (χ2n) is 4.83. The molecule has 21 heavy (non-hydrogen) atoms. The number of amides is 1. The van der Waals surface area contributed by atoms with Crippen LogP contribution in [0.3, 0.4) is 0 Å². The number of fused-ring (bicyclic) bond motifs is 1. The van der Waals surface area contributed by atoms with Crippen molar-refractivity contribution in [1.82, 2.24) is 4.98 Å². The number of carbonyl (C=O) groups excluding carboxylic acids is 1. The first-order chi connectivity index (χ1) is 10.0. The molecule has 5 heteroatoms. The van der Waals surface area contributed by atoms with Crippen LogP contribution in [0.25, 0.3) is 10.2 Å². The van der Waals surface area contributed by atoms with Gasteiger partial charge in [0.15, 0.2) is 5.13 Å². The molecule has 0 radical (unpaired) electrons. The van der Waals surface area contributed by atoms with Crippen molar-refractivity contribution in [3.63, 3.8) is 0 Å². The van der Waals surface area contributed by atoms with Crippen LogP contribution in [0.2, 0.25) is 0 Å². The number of thiazole rings is 1. The minimum Gasteiger partial charge on any atom is -0.298 e. The summed E-state index contributed by atoms with van der Waals surface area (Å²) in [6.07, 6.45) is 0. The molecule has 1 amide bonds. The van der Waals surface area contributed by atoms with E-state index in [0.29, 0.717) is 20.9 Å². The van der Waals surface area contributed by atoms with E-state index in [2.05, 4.69) is 10.3 Å². The third-order valence-corrected chi connectivity index (χ3v) is 4.35. The Morgan fingerprint density at radius 3 is 2.86 bits per heavy atom. The highest BCUT2D eigenvalue weighted by Gasteiger charge is 2.13. The third kappa shape index (κ3) is 2.64. The normalized spacial score (nSPS) is 10.8. The average molecular weight is 300 g/mol. The van der Waals surface area contributed by atoms with Gasteiger partial charge in [-0.25, -0.2) is 9.37 Å². The summed E-state index contributed by atoms with van der Waals surface area (Å²) in [7, 11) is 0. The zero-order valence-electron chi connectivity index (χ0n) is 11.6. The van der Waals surface area contributed by atoms with Gasteiger partial charge in [-0.05, 0) is 49.2 Å². The van der Waals surface area contributed by atoms with Gasteiger partial charge in [0.05, 0.1) is 10.2 Å². The second-order valence-corrected chi connectivity index (χ2v) is 5.86. The molecule has 2 aromatic carbocycles. The zero-order valence-corrected chi connectivity index (χ0v) is 12.4. The number of nitrogens with zero attached hydrogens (tertiary/aromatic N) is 1. The van der Waals surface area contributed by atoms with Gasteiger partial charge in [-0.1, -0.05) is 23.5 Å². The van der Waals surface area contributed by atoms with Crippen LogP contribution in [0.15, 0.2) is 36.4 Å². The molecule has 3 nitrogen and oxygen atoms in total. The molecule has 1 aromatic heterocycles. The highest BCUT2D eigenvalue weighted by atomic mass is 32.1. The molecule has 0 fully saturated rings. The first-order valence-electron chi connectivity index (χ1n) is 6.48. The van der Waals surface area contributed by atoms with Crippen molar-refractivity contribution in [3.8, 4) is 0 Å². The topological polar surface area (TPSA) is 42.0 Å². The zero-order chi connectivity index (χ0) is 15.0. The summed E-state index contributed by atoms with van der Waals surface area (Å²) < 4.78 is 13.9. The Bertz CT molecular complexity index is 841. The van der Waals surface area contributed by atoms with Crippen LogP contribution in [0.4, 0.5) is 9.52 Å². The summed E-state index contributed by atoms with van der Waals surface area (Å²) in [4.78, 5) is 16.6. The van der Waals surface area contributed by atoms with Gasteiger partial charge in [-0.2, -0.15) is 0 Å². The van der Waals surface area contributed by atoms with E-state index >= 15 is 0 Å². The van der Waals surface area contributed by atoms with Crippen molar-refractivity contribution < 1.29 is 9.18 Å². The fourth-order valence-electron chi connectivity index (χ4n) is 2.11. The molecule has 1 heterocycles. The van der Waals surface area contributed by atoms with Gasteiger partial charge in [-0.3, -0.25) is 10.1 Å². The van der Waals surface area contributed by atoms with E-state index in [-0.39, 0.29) is 11.7 Å². The molecule has 0 aliphatic heterocycles. The number of hydrogen-bond donors (Lipinski definition) is 1. The second kappa shape index (κ2) is 5.26. The Labute approximate surface area is 125 Å². The van der Waals surface area contributed by atoms with Gasteiger partial charge in [0, 0.05) is 5.56 Å². The van der Waals surface area contributed by atoms with Crippen LogP contribution in [0.5, 0.6) is 0 Å². The van der Waals surface area contributed by atoms with E-state index < -0.39 is 0 Å². The SMILES string of the molecule is Cc1cccc(C(=O)Nc2nc3ccc(F)cc3s2)c1C. The first-order valence-corrected chi connectivity index (χ1v) is 7.30. The lowest BCUT2D eigenvalue weighted by Gasteiger charge is -2.07. The maximum atomic E-state index is 13.2. The average Bonchev–Trinajstić information content (AvgIpc) is 2.83. The molecule has 0 aliphatic rings. The predicted octanol–water partition coefficient (Wildman–Crippen LogP) is 4.30. The van der Waals surface area contributed by atoms with E-state index in [1.165, 1.54) is 23.5 Å². The summed E-state index contributed by atoms with van der Waals surface area (Å²) in [6, 6.07) is 9.98. The van der Waals surface area contributed by atoms with Crippen LogP contribution in [-0.4, -0.2) is 10.9 Å². The van der Waals surface area contributed by atoms with E-state index in [1.54, 1.807) is 12.1 Å². The monoisotopic (exact) mass is 300 g/mol. The van der Waals surface area contributed by atoms with Crippen LogP contribution >= 0.6 is 11.3 Å². The lowest BCUT2D eigenvalue weighted by atomic mass is 10.0. The van der Waals surface area contributed by atoms with Crippen molar-refractivity contribution in [2.45, 2.75) is 13.8 Å². The molecule has 0 saturated heterocycles. The summed E-state index contributed by atoms with van der Waals surface area (Å²) in [5, 5.41) is 3.25. The highest BCUT2D eigenvalue weighted by Crippen LogP contribution is 2.27. The molecule has 0 bridgehead atoms. The maximum Gasteiger partial charge on any atom is 0.257 e. The van der Waals surface area contributed by atoms with Crippen molar-refractivity contribution in [3.05, 3.63) is 58.9 Å². The maximum absolute atomic E-state index is 13.2. The van der Waals surface area contributed by atoms with Gasteiger partial charge >= 0.3 is 0 Å². The molecule has 0 unspecified atom stereocenters. The van der Waals surface area contributed by atoms with Crippen LogP contribution < -0.4 is 5.32 Å². The van der Waals surface area contributed by atoms with E-state index in [9.17, 15) is 9.18 Å². The Hall–Kier alpha value is -2.27. The largest absolute Gasteiger partial charge is 0.298 e. The summed E-state index contributed by atoms with van der Waals surface area (Å²) in [6.45, 7) is 3.88. The summed E-state index contributed by atoms with van der Waals surface area (Å²) in [5.74, 6) is -0.505. The highest BCUT2D eigenvalue weighted by molar-refractivity contribution is 7.22. The van der Waals surface area contributed by atoms with Crippen molar-refractivity contribution in [2.75, 3.05) is 5.32 Å². The Morgan fingerprint density at radius 2 is 2.05 bits per heavy atom. The number of hydrogen-bond acceptors (Lipinski definition) is 3. The molecule has 3 rings (SSSR count). The lowest BCUT2D eigenvalue weighted by molar-refractivity contribution is 0.102. The molecule has 1 N–H and O–H groups in total. The fourth-order valence-corrected chi connectivity index (χ4v) is 3.00. The summed E-state index contributed by atoms with van der Waals surface area (Å²) >= 11 is 1.26. The molecule has 0 saturated carbocycles. The Morgan fingerprint density at radius 1 is 1.24 bits per heavy atom. The lowest BCUT2D eigenvalue weighted by Crippen LogP contribution is -2.13. The number of aromatic nitrogens is 1. The Kier molecular flexibility index (Phi) is 3.43. The molecule has 106 valence electrons. The third-order valence-electron chi connectivity index (χ3n) is 3.42. The number of carbonyl (C=O) groups is 1. The van der Waals surface area contributed by atoms with Gasteiger partial charge in [0.1, 0.15) is 5.82 Å². The number of nitrogens with one attached hydrogen (secondary N) is 1. The first kappa shape index (κ1) is 13.7. The van der Waals surface area contributed by atoms with Gasteiger partial charge in [0.25, 0.3) is 5.91 Å². The standard InChI is InChI=1S/C16H13FN2OS/c1-9-4-3-5-12(10(9)2)15(20)19-16-18-13-7-6-11(17)8-14(13)21-16/h3-8H,1-2H3,(H,18,19,20). The molecule has 0 atom stereocenters. The van der Waals surface area contributed by atoms with E-state index in [4.69, 9.17) is 0 Å². The van der Waals surface area contributed by atoms with Gasteiger partial charge in [-0.15, -0.1) is 0 Å². The predicted molar refractivity (Wildman–Crippen MR) is 83.4 cm³/mol. The molecular weight excluding hydrogens is 287 g/mol. The quantitative estimate of drug-likeness (QED) is 0.766. The van der Waals surface area contributed by atoms with Crippen LogP contribution in [-0.2, 0) is 0 Å². The molecular formula is C16H13FN2OS. The molecule has 0 spiro atoms. The minimum atomic E-state index is -0.307. The molecule has 0 aliphatic carbocycles. The number of anilines is 1. The van der Waals surface area contributed by atoms with Crippen LogP contribution in [0, 0.1) is 19.7 Å². The summed E-state index contributed by atoms with van der Waals surface area (Å²) in [5.41, 5.74) is 3.31. The van der Waals surface area contributed by atoms with E-state index in [0.717, 1.165) is 11.1 Å². The van der Waals surface area contributed by atoms with Crippen molar-refractivity contribution >= 4 is 32.6 Å². The van der Waals surface area contributed by atoms with Crippen LogP contribution in [0.1, 0.15) is 21.5 Å².